The van der Waals surface area contributed by atoms with Crippen molar-refractivity contribution in [1.29, 1.82) is 0 Å². The molecule has 0 spiro atoms. The molecule has 0 N–H and O–H groups in total. The second kappa shape index (κ2) is 5.36. The molecule has 0 atom stereocenters. The highest BCUT2D eigenvalue weighted by atomic mass is 15.3. The average molecular weight is 236 g/mol. The van der Waals surface area contributed by atoms with Crippen LogP contribution in [0.25, 0.3) is 0 Å². The Balaban J connectivity index is 0.000000107. The van der Waals surface area contributed by atoms with Gasteiger partial charge in [0.05, 0.1) is 5.84 Å². The van der Waals surface area contributed by atoms with E-state index in [0.29, 0.717) is 0 Å². The largest absolute Gasteiger partial charge is 0.360 e. The Morgan fingerprint density at radius 3 is 1.82 bits per heavy atom. The second-order valence-electron chi connectivity index (χ2n) is 5.43. The first-order valence-corrected chi connectivity index (χ1v) is 7.15. The van der Waals surface area contributed by atoms with Gasteiger partial charge in [0.2, 0.25) is 0 Å². The number of hydrogen-bond donors (Lipinski definition) is 0. The lowest BCUT2D eigenvalue weighted by Crippen LogP contribution is -2.55. The highest BCUT2D eigenvalue weighted by Crippen LogP contribution is 2.14. The maximum Gasteiger partial charge on any atom is 0.0989 e. The van der Waals surface area contributed by atoms with Crippen molar-refractivity contribution >= 4 is 5.84 Å². The molecule has 4 fully saturated rings. The fraction of sp³-hybridized carbons (Fsp3) is 0.923. The smallest absolute Gasteiger partial charge is 0.0989 e. The van der Waals surface area contributed by atoms with Crippen LogP contribution in [0.2, 0.25) is 0 Å². The van der Waals surface area contributed by atoms with Crippen LogP contribution in [0.5, 0.6) is 0 Å². The molecule has 0 aliphatic carbocycles. The van der Waals surface area contributed by atoms with Crippen molar-refractivity contribution in [3.05, 3.63) is 0 Å². The quantitative estimate of drug-likeness (QED) is 0.611. The van der Waals surface area contributed by atoms with Gasteiger partial charge in [-0.3, -0.25) is 14.8 Å². The molecule has 5 heterocycles. The Morgan fingerprint density at radius 1 is 0.706 bits per heavy atom. The molecular formula is C13H24N4. The number of fused-ring (bicyclic) bond motifs is 4. The Labute approximate surface area is 104 Å². The summed E-state index contributed by atoms with van der Waals surface area (Å²) in [4.78, 5) is 11.9. The van der Waals surface area contributed by atoms with Crippen LogP contribution in [-0.2, 0) is 0 Å². The van der Waals surface area contributed by atoms with Crippen molar-refractivity contribution in [2.75, 3.05) is 58.9 Å². The standard InChI is InChI=1S/C7H12N2.C6H12N2/c1-3-7-8-4-2-6-9(7)5-1;1-2-8-5-3-7(1)4-6-8/h1-6H2;1-6H2. The zero-order valence-electron chi connectivity index (χ0n) is 10.8. The number of nitrogens with zero attached hydrogens (tertiary/aromatic N) is 4. The van der Waals surface area contributed by atoms with Crippen molar-refractivity contribution < 1.29 is 0 Å². The summed E-state index contributed by atoms with van der Waals surface area (Å²) < 4.78 is 0. The summed E-state index contributed by atoms with van der Waals surface area (Å²) in [5.74, 6) is 1.38. The van der Waals surface area contributed by atoms with E-state index in [1.807, 2.05) is 0 Å². The molecule has 0 saturated carbocycles. The molecule has 4 heteroatoms. The van der Waals surface area contributed by atoms with Crippen molar-refractivity contribution in [3.8, 4) is 0 Å². The van der Waals surface area contributed by atoms with E-state index in [9.17, 15) is 0 Å². The van der Waals surface area contributed by atoms with Crippen molar-refractivity contribution in [2.24, 2.45) is 4.99 Å². The minimum Gasteiger partial charge on any atom is -0.360 e. The molecule has 0 amide bonds. The molecule has 4 saturated heterocycles. The first-order chi connectivity index (χ1) is 8.42. The van der Waals surface area contributed by atoms with Gasteiger partial charge in [0.25, 0.3) is 0 Å². The van der Waals surface area contributed by atoms with E-state index in [2.05, 4.69) is 19.7 Å². The molecule has 5 aliphatic heterocycles. The number of piperazine rings is 3. The maximum absolute atomic E-state index is 4.43. The van der Waals surface area contributed by atoms with E-state index in [4.69, 9.17) is 0 Å². The molecule has 0 radical (unpaired) electrons. The molecule has 0 aromatic rings. The van der Waals surface area contributed by atoms with Gasteiger partial charge in [-0.1, -0.05) is 0 Å². The topological polar surface area (TPSA) is 22.1 Å². The zero-order chi connectivity index (χ0) is 11.5. The van der Waals surface area contributed by atoms with Gasteiger partial charge in [-0.2, -0.15) is 0 Å². The molecule has 0 aromatic carbocycles. The lowest BCUT2D eigenvalue weighted by molar-refractivity contribution is 0.0647. The van der Waals surface area contributed by atoms with E-state index in [0.717, 1.165) is 6.54 Å². The van der Waals surface area contributed by atoms with Gasteiger partial charge in [0.15, 0.2) is 0 Å². The van der Waals surface area contributed by atoms with Crippen molar-refractivity contribution in [3.63, 3.8) is 0 Å². The fourth-order valence-corrected chi connectivity index (χ4v) is 3.12. The van der Waals surface area contributed by atoms with Crippen LogP contribution in [0.1, 0.15) is 19.3 Å². The first-order valence-electron chi connectivity index (χ1n) is 7.15. The predicted molar refractivity (Wildman–Crippen MR) is 70.6 cm³/mol. The van der Waals surface area contributed by atoms with E-state index in [1.165, 1.54) is 77.5 Å². The summed E-state index contributed by atoms with van der Waals surface area (Å²) in [6, 6.07) is 0. The highest BCUT2D eigenvalue weighted by molar-refractivity contribution is 5.84. The van der Waals surface area contributed by atoms with Gasteiger partial charge in [0, 0.05) is 65.3 Å². The normalized spacial score (nSPS) is 34.8. The summed E-state index contributed by atoms with van der Waals surface area (Å²) in [6.07, 6.45) is 3.84. The Morgan fingerprint density at radius 2 is 1.29 bits per heavy atom. The SMILES string of the molecule is C1CN2CCN1CC2.C1CN=C2CCCN2C1. The lowest BCUT2D eigenvalue weighted by Gasteiger charge is -2.41. The monoisotopic (exact) mass is 236 g/mol. The summed E-state index contributed by atoms with van der Waals surface area (Å²) in [5.41, 5.74) is 0. The minimum atomic E-state index is 1.08. The summed E-state index contributed by atoms with van der Waals surface area (Å²) in [6.45, 7) is 11.5. The van der Waals surface area contributed by atoms with Crippen molar-refractivity contribution in [2.45, 2.75) is 19.3 Å². The number of rotatable bonds is 0. The Hall–Kier alpha value is -0.610. The van der Waals surface area contributed by atoms with Gasteiger partial charge >= 0.3 is 0 Å². The van der Waals surface area contributed by atoms with E-state index in [1.54, 1.807) is 0 Å². The van der Waals surface area contributed by atoms with Gasteiger partial charge in [-0.25, -0.2) is 0 Å². The molecule has 17 heavy (non-hydrogen) atoms. The number of amidine groups is 1. The Kier molecular flexibility index (Phi) is 3.62. The maximum atomic E-state index is 4.43. The molecule has 5 aliphatic rings. The van der Waals surface area contributed by atoms with Crippen molar-refractivity contribution in [1.82, 2.24) is 14.7 Å². The van der Waals surface area contributed by atoms with Gasteiger partial charge in [-0.05, 0) is 12.8 Å². The zero-order valence-corrected chi connectivity index (χ0v) is 10.8. The minimum absolute atomic E-state index is 1.08. The van der Waals surface area contributed by atoms with Crippen LogP contribution < -0.4 is 0 Å². The second-order valence-corrected chi connectivity index (χ2v) is 5.43. The fourth-order valence-electron chi connectivity index (χ4n) is 3.12. The molecule has 2 bridgehead atoms. The molecular weight excluding hydrogens is 212 g/mol. The highest BCUT2D eigenvalue weighted by Gasteiger charge is 2.21. The van der Waals surface area contributed by atoms with Crippen LogP contribution in [0.15, 0.2) is 4.99 Å². The molecule has 5 rings (SSSR count). The molecule has 0 aromatic heterocycles. The molecule has 96 valence electrons. The summed E-state index contributed by atoms with van der Waals surface area (Å²) in [7, 11) is 0. The third-order valence-corrected chi connectivity index (χ3v) is 4.27. The average Bonchev–Trinajstić information content (AvgIpc) is 2.90. The third-order valence-electron chi connectivity index (χ3n) is 4.27. The van der Waals surface area contributed by atoms with Crippen LogP contribution in [0, 0.1) is 0 Å². The number of aliphatic imine (C=N–C) groups is 1. The van der Waals surface area contributed by atoms with Gasteiger partial charge in [-0.15, -0.1) is 0 Å². The third kappa shape index (κ3) is 2.80. The van der Waals surface area contributed by atoms with E-state index in [-0.39, 0.29) is 0 Å². The van der Waals surface area contributed by atoms with E-state index >= 15 is 0 Å². The molecule has 4 nitrogen and oxygen atoms in total. The van der Waals surface area contributed by atoms with Crippen LogP contribution in [0.4, 0.5) is 0 Å². The summed E-state index contributed by atoms with van der Waals surface area (Å²) >= 11 is 0. The van der Waals surface area contributed by atoms with Crippen LogP contribution in [0.3, 0.4) is 0 Å². The number of hydrogen-bond acceptors (Lipinski definition) is 4. The predicted octanol–water partition coefficient (Wildman–Crippen LogP) is 0.502. The lowest BCUT2D eigenvalue weighted by atomic mass is 10.2. The molecule has 0 unspecified atom stereocenters. The summed E-state index contributed by atoms with van der Waals surface area (Å²) in [5, 5.41) is 0. The van der Waals surface area contributed by atoms with E-state index < -0.39 is 0 Å². The van der Waals surface area contributed by atoms with Crippen LogP contribution >= 0.6 is 0 Å². The first kappa shape index (κ1) is 11.5. The van der Waals surface area contributed by atoms with Gasteiger partial charge < -0.3 is 4.90 Å². The van der Waals surface area contributed by atoms with Gasteiger partial charge in [0.1, 0.15) is 0 Å². The Bertz CT molecular complexity index is 258. The van der Waals surface area contributed by atoms with Crippen LogP contribution in [-0.4, -0.2) is 79.4 Å².